The highest BCUT2D eigenvalue weighted by atomic mass is 16.4. The SMILES string of the molecule is C[C@H](c1ccccc1)[C@H](NC(N)=O)C(=O)O. The van der Waals surface area contributed by atoms with Gasteiger partial charge in [0.2, 0.25) is 0 Å². The molecule has 0 bridgehead atoms. The molecule has 16 heavy (non-hydrogen) atoms. The van der Waals surface area contributed by atoms with E-state index in [4.69, 9.17) is 10.8 Å². The molecule has 0 aliphatic rings. The van der Waals surface area contributed by atoms with E-state index in [1.807, 2.05) is 30.3 Å². The summed E-state index contributed by atoms with van der Waals surface area (Å²) < 4.78 is 0. The van der Waals surface area contributed by atoms with Crippen molar-refractivity contribution in [3.8, 4) is 0 Å². The van der Waals surface area contributed by atoms with Crippen LogP contribution in [0.4, 0.5) is 4.79 Å². The van der Waals surface area contributed by atoms with Gasteiger partial charge in [-0.05, 0) is 5.56 Å². The number of aliphatic carboxylic acids is 1. The Morgan fingerprint density at radius 2 is 1.88 bits per heavy atom. The smallest absolute Gasteiger partial charge is 0.326 e. The largest absolute Gasteiger partial charge is 0.480 e. The summed E-state index contributed by atoms with van der Waals surface area (Å²) in [6.45, 7) is 1.73. The van der Waals surface area contributed by atoms with Crippen LogP contribution in [0.1, 0.15) is 18.4 Å². The number of rotatable bonds is 4. The zero-order chi connectivity index (χ0) is 12.1. The van der Waals surface area contributed by atoms with Gasteiger partial charge in [-0.1, -0.05) is 37.3 Å². The van der Waals surface area contributed by atoms with E-state index in [1.54, 1.807) is 6.92 Å². The van der Waals surface area contributed by atoms with Crippen molar-refractivity contribution >= 4 is 12.0 Å². The molecule has 0 radical (unpaired) electrons. The highest BCUT2D eigenvalue weighted by Crippen LogP contribution is 2.18. The number of benzene rings is 1. The molecule has 0 saturated heterocycles. The van der Waals surface area contributed by atoms with Crippen molar-refractivity contribution in [3.63, 3.8) is 0 Å². The van der Waals surface area contributed by atoms with E-state index < -0.39 is 18.0 Å². The molecule has 0 saturated carbocycles. The van der Waals surface area contributed by atoms with Crippen LogP contribution in [0.3, 0.4) is 0 Å². The van der Waals surface area contributed by atoms with Crippen LogP contribution in [0, 0.1) is 0 Å². The molecule has 2 amide bonds. The molecule has 1 aromatic carbocycles. The van der Waals surface area contributed by atoms with Gasteiger partial charge in [-0.2, -0.15) is 0 Å². The summed E-state index contributed by atoms with van der Waals surface area (Å²) in [4.78, 5) is 21.7. The van der Waals surface area contributed by atoms with Crippen LogP contribution >= 0.6 is 0 Å². The first-order valence-electron chi connectivity index (χ1n) is 4.86. The lowest BCUT2D eigenvalue weighted by atomic mass is 9.93. The Labute approximate surface area is 93.3 Å². The van der Waals surface area contributed by atoms with Gasteiger partial charge in [0, 0.05) is 5.92 Å². The predicted octanol–water partition coefficient (Wildman–Crippen LogP) is 0.912. The highest BCUT2D eigenvalue weighted by molar-refractivity contribution is 5.82. The Hall–Kier alpha value is -2.04. The fourth-order valence-electron chi connectivity index (χ4n) is 1.50. The number of nitrogens with two attached hydrogens (primary N) is 1. The number of carbonyl (C=O) groups excluding carboxylic acids is 1. The minimum atomic E-state index is -1.10. The van der Waals surface area contributed by atoms with E-state index in [2.05, 4.69) is 5.32 Å². The van der Waals surface area contributed by atoms with Crippen LogP contribution in [0.5, 0.6) is 0 Å². The Bertz CT molecular complexity index is 378. The van der Waals surface area contributed by atoms with Crippen molar-refractivity contribution in [2.24, 2.45) is 5.73 Å². The van der Waals surface area contributed by atoms with Gasteiger partial charge in [0.05, 0.1) is 0 Å². The van der Waals surface area contributed by atoms with Gasteiger partial charge in [0.1, 0.15) is 6.04 Å². The van der Waals surface area contributed by atoms with Crippen molar-refractivity contribution in [2.75, 3.05) is 0 Å². The van der Waals surface area contributed by atoms with Crippen molar-refractivity contribution in [2.45, 2.75) is 18.9 Å². The second-order valence-corrected chi connectivity index (χ2v) is 3.52. The number of amides is 2. The lowest BCUT2D eigenvalue weighted by Crippen LogP contribution is -2.46. The molecule has 0 unspecified atom stereocenters. The second-order valence-electron chi connectivity index (χ2n) is 3.52. The van der Waals surface area contributed by atoms with E-state index in [9.17, 15) is 9.59 Å². The van der Waals surface area contributed by atoms with Crippen LogP contribution in [-0.4, -0.2) is 23.1 Å². The third-order valence-corrected chi connectivity index (χ3v) is 2.39. The van der Waals surface area contributed by atoms with E-state index >= 15 is 0 Å². The van der Waals surface area contributed by atoms with E-state index in [1.165, 1.54) is 0 Å². The van der Waals surface area contributed by atoms with Gasteiger partial charge in [0.25, 0.3) is 0 Å². The number of nitrogens with one attached hydrogen (secondary N) is 1. The summed E-state index contributed by atoms with van der Waals surface area (Å²) in [6.07, 6.45) is 0. The molecule has 4 N–H and O–H groups in total. The zero-order valence-corrected chi connectivity index (χ0v) is 8.88. The molecule has 0 spiro atoms. The molecule has 86 valence electrons. The number of hydrogen-bond acceptors (Lipinski definition) is 2. The molecule has 0 aliphatic heterocycles. The molecule has 0 fully saturated rings. The first-order valence-corrected chi connectivity index (χ1v) is 4.86. The summed E-state index contributed by atoms with van der Waals surface area (Å²) >= 11 is 0. The normalized spacial score (nSPS) is 13.8. The number of carboxylic acid groups (broad SMARTS) is 1. The third-order valence-electron chi connectivity index (χ3n) is 2.39. The van der Waals surface area contributed by atoms with Crippen LogP contribution in [0.15, 0.2) is 30.3 Å². The lowest BCUT2D eigenvalue weighted by Gasteiger charge is -2.20. The van der Waals surface area contributed by atoms with Gasteiger partial charge in [-0.15, -0.1) is 0 Å². The maximum Gasteiger partial charge on any atom is 0.326 e. The van der Waals surface area contributed by atoms with Crippen molar-refractivity contribution in [1.82, 2.24) is 5.32 Å². The zero-order valence-electron chi connectivity index (χ0n) is 8.88. The molecular weight excluding hydrogens is 208 g/mol. The first kappa shape index (κ1) is 12.0. The summed E-state index contributed by atoms with van der Waals surface area (Å²) in [6, 6.07) is 7.24. The van der Waals surface area contributed by atoms with Crippen molar-refractivity contribution < 1.29 is 14.7 Å². The van der Waals surface area contributed by atoms with Crippen LogP contribution in [0.25, 0.3) is 0 Å². The van der Waals surface area contributed by atoms with Gasteiger partial charge in [-0.25, -0.2) is 9.59 Å². The molecule has 0 aromatic heterocycles. The predicted molar refractivity (Wildman–Crippen MR) is 59.0 cm³/mol. The van der Waals surface area contributed by atoms with E-state index in [0.29, 0.717) is 0 Å². The second kappa shape index (κ2) is 5.16. The number of carboxylic acids is 1. The summed E-state index contributed by atoms with van der Waals surface area (Å²) in [5.74, 6) is -1.44. The number of hydrogen-bond donors (Lipinski definition) is 3. The molecule has 2 atom stereocenters. The summed E-state index contributed by atoms with van der Waals surface area (Å²) in [7, 11) is 0. The number of urea groups is 1. The minimum Gasteiger partial charge on any atom is -0.480 e. The monoisotopic (exact) mass is 222 g/mol. The maximum atomic E-state index is 11.0. The van der Waals surface area contributed by atoms with E-state index in [0.717, 1.165) is 5.56 Å². The molecule has 1 rings (SSSR count). The molecule has 1 aromatic rings. The first-order chi connectivity index (χ1) is 7.52. The van der Waals surface area contributed by atoms with Gasteiger partial charge in [0.15, 0.2) is 0 Å². The van der Waals surface area contributed by atoms with Gasteiger partial charge >= 0.3 is 12.0 Å². The fraction of sp³-hybridized carbons (Fsp3) is 0.273. The summed E-state index contributed by atoms with van der Waals surface area (Å²) in [5, 5.41) is 11.2. The Kier molecular flexibility index (Phi) is 3.88. The molecule has 0 aliphatic carbocycles. The fourth-order valence-corrected chi connectivity index (χ4v) is 1.50. The Balaban J connectivity index is 2.87. The average molecular weight is 222 g/mol. The molecule has 0 heterocycles. The maximum absolute atomic E-state index is 11.0. The van der Waals surface area contributed by atoms with Crippen molar-refractivity contribution in [3.05, 3.63) is 35.9 Å². The Morgan fingerprint density at radius 1 is 1.31 bits per heavy atom. The minimum absolute atomic E-state index is 0.341. The van der Waals surface area contributed by atoms with Gasteiger partial charge < -0.3 is 16.2 Å². The van der Waals surface area contributed by atoms with Gasteiger partial charge in [-0.3, -0.25) is 0 Å². The number of primary amides is 1. The van der Waals surface area contributed by atoms with Crippen LogP contribution in [0.2, 0.25) is 0 Å². The van der Waals surface area contributed by atoms with E-state index in [-0.39, 0.29) is 5.92 Å². The quantitative estimate of drug-likeness (QED) is 0.707. The Morgan fingerprint density at radius 3 is 2.31 bits per heavy atom. The molecular formula is C11H14N2O3. The summed E-state index contributed by atoms with van der Waals surface area (Å²) in [5.41, 5.74) is 5.77. The van der Waals surface area contributed by atoms with Crippen molar-refractivity contribution in [1.29, 1.82) is 0 Å². The topological polar surface area (TPSA) is 92.4 Å². The lowest BCUT2D eigenvalue weighted by molar-refractivity contribution is -0.139. The standard InChI is InChI=1S/C11H14N2O3/c1-7(8-5-3-2-4-6-8)9(10(14)15)13-11(12)16/h2-7,9H,1H3,(H,14,15)(H3,12,13,16)/t7-,9+/m1/s1. The average Bonchev–Trinajstić information content (AvgIpc) is 2.25. The molecule has 5 heteroatoms. The third kappa shape index (κ3) is 2.98. The number of carbonyl (C=O) groups is 2. The highest BCUT2D eigenvalue weighted by Gasteiger charge is 2.26. The molecule has 5 nitrogen and oxygen atoms in total. The van der Waals surface area contributed by atoms with Crippen LogP contribution < -0.4 is 11.1 Å². The van der Waals surface area contributed by atoms with Crippen LogP contribution in [-0.2, 0) is 4.79 Å².